The zero-order valence-electron chi connectivity index (χ0n) is 11.2. The number of benzene rings is 1. The SMILES string of the molecule is CC(C)(C)c1ccccc1C(C)(C)CCO. The maximum Gasteiger partial charge on any atom is 0.0439 e. The van der Waals surface area contributed by atoms with Gasteiger partial charge in [0.2, 0.25) is 0 Å². The highest BCUT2D eigenvalue weighted by Crippen LogP contribution is 2.35. The lowest BCUT2D eigenvalue weighted by Crippen LogP contribution is -2.25. The van der Waals surface area contributed by atoms with Gasteiger partial charge in [0, 0.05) is 6.61 Å². The van der Waals surface area contributed by atoms with Crippen LogP contribution in [0.15, 0.2) is 24.3 Å². The second kappa shape index (κ2) is 4.58. The number of rotatable bonds is 3. The minimum atomic E-state index is 0.0403. The van der Waals surface area contributed by atoms with Crippen molar-refractivity contribution in [3.05, 3.63) is 35.4 Å². The van der Waals surface area contributed by atoms with Crippen LogP contribution in [0.2, 0.25) is 0 Å². The fraction of sp³-hybridized carbons (Fsp3) is 0.600. The summed E-state index contributed by atoms with van der Waals surface area (Å²) in [6.45, 7) is 11.4. The van der Waals surface area contributed by atoms with Gasteiger partial charge < -0.3 is 5.11 Å². The minimum absolute atomic E-state index is 0.0403. The molecule has 1 aromatic carbocycles. The Morgan fingerprint density at radius 1 is 0.938 bits per heavy atom. The Kier molecular flexibility index (Phi) is 3.80. The van der Waals surface area contributed by atoms with Gasteiger partial charge >= 0.3 is 0 Å². The van der Waals surface area contributed by atoms with E-state index >= 15 is 0 Å². The Morgan fingerprint density at radius 3 is 1.88 bits per heavy atom. The van der Waals surface area contributed by atoms with Gasteiger partial charge in [-0.15, -0.1) is 0 Å². The van der Waals surface area contributed by atoms with Crippen LogP contribution < -0.4 is 0 Å². The average molecular weight is 220 g/mol. The van der Waals surface area contributed by atoms with Crippen molar-refractivity contribution >= 4 is 0 Å². The highest BCUT2D eigenvalue weighted by Gasteiger charge is 2.27. The van der Waals surface area contributed by atoms with E-state index in [0.717, 1.165) is 6.42 Å². The van der Waals surface area contributed by atoms with E-state index in [0.29, 0.717) is 0 Å². The molecule has 0 spiro atoms. The molecule has 0 saturated carbocycles. The third-order valence-corrected chi connectivity index (χ3v) is 3.20. The number of hydrogen-bond donors (Lipinski definition) is 1. The van der Waals surface area contributed by atoms with Crippen molar-refractivity contribution in [2.75, 3.05) is 6.61 Å². The fourth-order valence-corrected chi connectivity index (χ4v) is 2.14. The van der Waals surface area contributed by atoms with Crippen LogP contribution in [0.1, 0.15) is 52.2 Å². The van der Waals surface area contributed by atoms with Crippen LogP contribution in [0.4, 0.5) is 0 Å². The molecule has 0 bridgehead atoms. The highest BCUT2D eigenvalue weighted by molar-refractivity contribution is 5.37. The summed E-state index contributed by atoms with van der Waals surface area (Å²) in [5.74, 6) is 0. The van der Waals surface area contributed by atoms with Gasteiger partial charge in [-0.3, -0.25) is 0 Å². The minimum Gasteiger partial charge on any atom is -0.396 e. The maximum absolute atomic E-state index is 9.16. The highest BCUT2D eigenvalue weighted by atomic mass is 16.3. The van der Waals surface area contributed by atoms with Crippen LogP contribution in [0, 0.1) is 0 Å². The number of aliphatic hydroxyl groups excluding tert-OH is 1. The van der Waals surface area contributed by atoms with Crippen LogP contribution in [-0.4, -0.2) is 11.7 Å². The Bertz CT molecular complexity index is 345. The predicted octanol–water partition coefficient (Wildman–Crippen LogP) is 3.64. The largest absolute Gasteiger partial charge is 0.396 e. The molecule has 0 aliphatic heterocycles. The van der Waals surface area contributed by atoms with Crippen LogP contribution in [0.25, 0.3) is 0 Å². The Morgan fingerprint density at radius 2 is 1.44 bits per heavy atom. The Balaban J connectivity index is 3.23. The smallest absolute Gasteiger partial charge is 0.0439 e. The van der Waals surface area contributed by atoms with Crippen molar-refractivity contribution in [3.8, 4) is 0 Å². The zero-order valence-corrected chi connectivity index (χ0v) is 11.2. The van der Waals surface area contributed by atoms with Crippen molar-refractivity contribution < 1.29 is 5.11 Å². The summed E-state index contributed by atoms with van der Waals surface area (Å²) in [7, 11) is 0. The molecule has 0 amide bonds. The number of hydrogen-bond acceptors (Lipinski definition) is 1. The first kappa shape index (κ1) is 13.2. The Hall–Kier alpha value is -0.820. The molecule has 16 heavy (non-hydrogen) atoms. The molecule has 1 N–H and O–H groups in total. The van der Waals surface area contributed by atoms with E-state index in [1.54, 1.807) is 0 Å². The van der Waals surface area contributed by atoms with Gasteiger partial charge in [0.25, 0.3) is 0 Å². The summed E-state index contributed by atoms with van der Waals surface area (Å²) in [5, 5.41) is 9.16. The summed E-state index contributed by atoms with van der Waals surface area (Å²) >= 11 is 0. The predicted molar refractivity (Wildman–Crippen MR) is 69.9 cm³/mol. The zero-order chi connectivity index (χ0) is 12.4. The number of aliphatic hydroxyl groups is 1. The molecule has 1 aromatic rings. The van der Waals surface area contributed by atoms with Gasteiger partial charge in [0.1, 0.15) is 0 Å². The molecule has 1 rings (SSSR count). The van der Waals surface area contributed by atoms with Crippen LogP contribution in [0.5, 0.6) is 0 Å². The van der Waals surface area contributed by atoms with Gasteiger partial charge in [0.15, 0.2) is 0 Å². The second-order valence-corrected chi connectivity index (χ2v) is 6.15. The van der Waals surface area contributed by atoms with E-state index in [1.165, 1.54) is 11.1 Å². The molecular formula is C15H24O. The van der Waals surface area contributed by atoms with Crippen LogP contribution in [-0.2, 0) is 10.8 Å². The summed E-state index contributed by atoms with van der Waals surface area (Å²) in [4.78, 5) is 0. The molecule has 0 aliphatic rings. The molecule has 0 atom stereocenters. The first-order chi connectivity index (χ1) is 7.29. The molecule has 1 heteroatoms. The molecule has 90 valence electrons. The Labute approximate surface area is 99.5 Å². The molecule has 1 nitrogen and oxygen atoms in total. The van der Waals surface area contributed by atoms with Crippen molar-refractivity contribution in [1.29, 1.82) is 0 Å². The van der Waals surface area contributed by atoms with Gasteiger partial charge in [-0.05, 0) is 28.4 Å². The second-order valence-electron chi connectivity index (χ2n) is 6.15. The first-order valence-electron chi connectivity index (χ1n) is 6.00. The van der Waals surface area contributed by atoms with Crippen molar-refractivity contribution in [3.63, 3.8) is 0 Å². The molecular weight excluding hydrogens is 196 g/mol. The molecule has 0 heterocycles. The van der Waals surface area contributed by atoms with Gasteiger partial charge in [-0.2, -0.15) is 0 Å². The monoisotopic (exact) mass is 220 g/mol. The van der Waals surface area contributed by atoms with Crippen LogP contribution in [0.3, 0.4) is 0 Å². The van der Waals surface area contributed by atoms with E-state index in [9.17, 15) is 0 Å². The van der Waals surface area contributed by atoms with E-state index in [1.807, 2.05) is 0 Å². The van der Waals surface area contributed by atoms with Crippen molar-refractivity contribution in [2.45, 2.75) is 51.9 Å². The third-order valence-electron chi connectivity index (χ3n) is 3.20. The van der Waals surface area contributed by atoms with E-state index in [2.05, 4.69) is 58.9 Å². The standard InChI is InChI=1S/C15H24O/c1-14(2,3)12-8-6-7-9-13(12)15(4,5)10-11-16/h6-9,16H,10-11H2,1-5H3. The van der Waals surface area contributed by atoms with Gasteiger partial charge in [-0.1, -0.05) is 58.9 Å². The fourth-order valence-electron chi connectivity index (χ4n) is 2.14. The lowest BCUT2D eigenvalue weighted by molar-refractivity contribution is 0.251. The summed E-state index contributed by atoms with van der Waals surface area (Å²) in [6, 6.07) is 8.58. The quantitative estimate of drug-likeness (QED) is 0.824. The topological polar surface area (TPSA) is 20.2 Å². The third kappa shape index (κ3) is 2.85. The average Bonchev–Trinajstić information content (AvgIpc) is 2.16. The van der Waals surface area contributed by atoms with Gasteiger partial charge in [0.05, 0.1) is 0 Å². The first-order valence-corrected chi connectivity index (χ1v) is 6.00. The van der Waals surface area contributed by atoms with Gasteiger partial charge in [-0.25, -0.2) is 0 Å². The lowest BCUT2D eigenvalue weighted by Gasteiger charge is -2.32. The maximum atomic E-state index is 9.16. The molecule has 0 fully saturated rings. The molecule has 0 saturated heterocycles. The van der Waals surface area contributed by atoms with E-state index in [-0.39, 0.29) is 17.4 Å². The molecule has 0 aromatic heterocycles. The molecule has 0 aliphatic carbocycles. The summed E-state index contributed by atoms with van der Waals surface area (Å²) < 4.78 is 0. The van der Waals surface area contributed by atoms with Crippen molar-refractivity contribution in [2.24, 2.45) is 0 Å². The normalized spacial score (nSPS) is 12.9. The van der Waals surface area contributed by atoms with E-state index in [4.69, 9.17) is 5.11 Å². The van der Waals surface area contributed by atoms with Crippen LogP contribution >= 0.6 is 0 Å². The summed E-state index contributed by atoms with van der Waals surface area (Å²) in [5.41, 5.74) is 2.94. The van der Waals surface area contributed by atoms with Crippen molar-refractivity contribution in [1.82, 2.24) is 0 Å². The molecule has 0 radical (unpaired) electrons. The van der Waals surface area contributed by atoms with E-state index < -0.39 is 0 Å². The summed E-state index contributed by atoms with van der Waals surface area (Å²) in [6.07, 6.45) is 0.806. The lowest BCUT2D eigenvalue weighted by atomic mass is 9.73. The molecule has 0 unspecified atom stereocenters.